The predicted octanol–water partition coefficient (Wildman–Crippen LogP) is 3.20. The normalized spacial score (nSPS) is 13.7. The average Bonchev–Trinajstić information content (AvgIpc) is 2.25. The second kappa shape index (κ2) is 6.36. The molecule has 2 nitrogen and oxygen atoms in total. The highest BCUT2D eigenvalue weighted by Crippen LogP contribution is 2.24. The lowest BCUT2D eigenvalue weighted by Crippen LogP contribution is -2.37. The van der Waals surface area contributed by atoms with E-state index in [1.165, 1.54) is 12.1 Å². The molecule has 0 spiro atoms. The van der Waals surface area contributed by atoms with Crippen molar-refractivity contribution in [1.29, 1.82) is 0 Å². The molecule has 0 radical (unpaired) electrons. The quantitative estimate of drug-likeness (QED) is 0.495. The van der Waals surface area contributed by atoms with Crippen LogP contribution in [-0.2, 0) is 6.42 Å². The minimum atomic E-state index is -4.22. The lowest BCUT2D eigenvalue weighted by molar-refractivity contribution is -0.136. The van der Waals surface area contributed by atoms with Crippen LogP contribution in [0.2, 0.25) is 5.02 Å². The van der Waals surface area contributed by atoms with Crippen LogP contribution in [0.5, 0.6) is 0 Å². The zero-order chi connectivity index (χ0) is 13.8. The van der Waals surface area contributed by atoms with Crippen molar-refractivity contribution in [2.45, 2.75) is 31.5 Å². The van der Waals surface area contributed by atoms with E-state index in [0.717, 1.165) is 6.07 Å². The number of hydrazine groups is 1. The summed E-state index contributed by atoms with van der Waals surface area (Å²) in [5.41, 5.74) is 2.87. The first-order valence-electron chi connectivity index (χ1n) is 5.28. The standard InChI is InChI=1S/C11H13ClF4N2/c12-10-6-8(13)2-1-7(10)5-9(18-17)3-4-11(14,15)16/h1-2,6,9,18H,3-5,17H2. The van der Waals surface area contributed by atoms with Crippen molar-refractivity contribution in [1.82, 2.24) is 5.43 Å². The van der Waals surface area contributed by atoms with Gasteiger partial charge in [-0.2, -0.15) is 13.2 Å². The Kier molecular flexibility index (Phi) is 5.37. The molecule has 0 aliphatic heterocycles. The van der Waals surface area contributed by atoms with Crippen LogP contribution in [0.1, 0.15) is 18.4 Å². The molecule has 7 heteroatoms. The molecule has 0 amide bonds. The van der Waals surface area contributed by atoms with Gasteiger partial charge >= 0.3 is 6.18 Å². The van der Waals surface area contributed by atoms with Crippen molar-refractivity contribution in [3.8, 4) is 0 Å². The van der Waals surface area contributed by atoms with Crippen LogP contribution in [0.15, 0.2) is 18.2 Å². The molecule has 0 aromatic heterocycles. The fourth-order valence-electron chi connectivity index (χ4n) is 1.53. The fraction of sp³-hybridized carbons (Fsp3) is 0.455. The SMILES string of the molecule is NNC(CCC(F)(F)F)Cc1ccc(F)cc1Cl. The van der Waals surface area contributed by atoms with Crippen molar-refractivity contribution in [3.05, 3.63) is 34.6 Å². The molecule has 0 aliphatic carbocycles. The van der Waals surface area contributed by atoms with Gasteiger partial charge in [0.25, 0.3) is 0 Å². The number of hydrogen-bond acceptors (Lipinski definition) is 2. The van der Waals surface area contributed by atoms with Gasteiger partial charge < -0.3 is 0 Å². The van der Waals surface area contributed by atoms with Gasteiger partial charge in [0.1, 0.15) is 5.82 Å². The van der Waals surface area contributed by atoms with Gasteiger partial charge in [0.15, 0.2) is 0 Å². The van der Waals surface area contributed by atoms with Gasteiger partial charge in [0.05, 0.1) is 0 Å². The lowest BCUT2D eigenvalue weighted by Gasteiger charge is -2.17. The number of benzene rings is 1. The summed E-state index contributed by atoms with van der Waals surface area (Å²) < 4.78 is 49.0. The van der Waals surface area contributed by atoms with Crippen molar-refractivity contribution in [3.63, 3.8) is 0 Å². The zero-order valence-corrected chi connectivity index (χ0v) is 10.2. The van der Waals surface area contributed by atoms with Gasteiger partial charge in [-0.25, -0.2) is 4.39 Å². The monoisotopic (exact) mass is 284 g/mol. The van der Waals surface area contributed by atoms with Crippen LogP contribution in [0.3, 0.4) is 0 Å². The third-order valence-corrected chi connectivity index (χ3v) is 2.85. The molecule has 0 heterocycles. The highest BCUT2D eigenvalue weighted by molar-refractivity contribution is 6.31. The zero-order valence-electron chi connectivity index (χ0n) is 9.40. The number of nitrogens with one attached hydrogen (secondary N) is 1. The van der Waals surface area contributed by atoms with Gasteiger partial charge in [-0.1, -0.05) is 17.7 Å². The summed E-state index contributed by atoms with van der Waals surface area (Å²) in [6.45, 7) is 0. The van der Waals surface area contributed by atoms with Gasteiger partial charge in [0, 0.05) is 17.5 Å². The molecule has 1 unspecified atom stereocenters. The summed E-state index contributed by atoms with van der Waals surface area (Å²) in [6.07, 6.45) is -5.10. The van der Waals surface area contributed by atoms with E-state index < -0.39 is 24.5 Å². The second-order valence-corrected chi connectivity index (χ2v) is 4.36. The van der Waals surface area contributed by atoms with E-state index in [9.17, 15) is 17.6 Å². The Morgan fingerprint density at radius 2 is 2.00 bits per heavy atom. The van der Waals surface area contributed by atoms with Crippen molar-refractivity contribution in [2.75, 3.05) is 0 Å². The molecule has 1 aromatic carbocycles. The first-order chi connectivity index (χ1) is 8.31. The van der Waals surface area contributed by atoms with Gasteiger partial charge in [-0.3, -0.25) is 11.3 Å². The van der Waals surface area contributed by atoms with Crippen molar-refractivity contribution in [2.24, 2.45) is 5.84 Å². The van der Waals surface area contributed by atoms with Gasteiger partial charge in [-0.15, -0.1) is 0 Å². The minimum absolute atomic E-state index is 0.159. The van der Waals surface area contributed by atoms with Crippen LogP contribution in [-0.4, -0.2) is 12.2 Å². The smallest absolute Gasteiger partial charge is 0.271 e. The van der Waals surface area contributed by atoms with E-state index in [1.807, 2.05) is 0 Å². The number of rotatable bonds is 5. The van der Waals surface area contributed by atoms with Crippen molar-refractivity contribution >= 4 is 11.6 Å². The molecular weight excluding hydrogens is 272 g/mol. The Bertz CT molecular complexity index is 395. The molecule has 1 aromatic rings. The number of alkyl halides is 3. The Balaban J connectivity index is 2.62. The van der Waals surface area contributed by atoms with E-state index in [2.05, 4.69) is 5.43 Å². The molecule has 0 saturated carbocycles. The third kappa shape index (κ3) is 5.20. The molecule has 102 valence electrons. The highest BCUT2D eigenvalue weighted by atomic mass is 35.5. The molecule has 0 aliphatic rings. The summed E-state index contributed by atoms with van der Waals surface area (Å²) in [5, 5.41) is 0.183. The second-order valence-electron chi connectivity index (χ2n) is 3.96. The number of halogens is 5. The summed E-state index contributed by atoms with van der Waals surface area (Å²) in [7, 11) is 0. The van der Waals surface area contributed by atoms with E-state index in [1.54, 1.807) is 0 Å². The topological polar surface area (TPSA) is 38.0 Å². The summed E-state index contributed by atoms with van der Waals surface area (Å²) in [4.78, 5) is 0. The Labute approximate surface area is 107 Å². The average molecular weight is 285 g/mol. The van der Waals surface area contributed by atoms with Crippen LogP contribution in [0, 0.1) is 5.82 Å². The fourth-order valence-corrected chi connectivity index (χ4v) is 1.78. The lowest BCUT2D eigenvalue weighted by atomic mass is 10.0. The van der Waals surface area contributed by atoms with Crippen LogP contribution in [0.4, 0.5) is 17.6 Å². The molecule has 3 N–H and O–H groups in total. The Hall–Kier alpha value is -0.850. The maximum Gasteiger partial charge on any atom is 0.389 e. The first kappa shape index (κ1) is 15.2. The summed E-state index contributed by atoms with van der Waals surface area (Å²) >= 11 is 5.79. The summed E-state index contributed by atoms with van der Waals surface area (Å²) in [5.74, 6) is 4.71. The number of hydrogen-bond donors (Lipinski definition) is 2. The van der Waals surface area contributed by atoms with E-state index in [0.29, 0.717) is 5.56 Å². The predicted molar refractivity (Wildman–Crippen MR) is 61.5 cm³/mol. The van der Waals surface area contributed by atoms with E-state index in [-0.39, 0.29) is 17.9 Å². The first-order valence-corrected chi connectivity index (χ1v) is 5.66. The van der Waals surface area contributed by atoms with Crippen LogP contribution < -0.4 is 11.3 Å². The minimum Gasteiger partial charge on any atom is -0.271 e. The van der Waals surface area contributed by atoms with Gasteiger partial charge in [0.2, 0.25) is 0 Å². The van der Waals surface area contributed by atoms with Crippen LogP contribution in [0.25, 0.3) is 0 Å². The summed E-state index contributed by atoms with van der Waals surface area (Å²) in [6, 6.07) is 3.21. The molecule has 0 saturated heterocycles. The van der Waals surface area contributed by atoms with Crippen LogP contribution >= 0.6 is 11.6 Å². The highest BCUT2D eigenvalue weighted by Gasteiger charge is 2.28. The van der Waals surface area contributed by atoms with E-state index >= 15 is 0 Å². The van der Waals surface area contributed by atoms with Gasteiger partial charge in [-0.05, 0) is 30.5 Å². The Morgan fingerprint density at radius 3 is 2.50 bits per heavy atom. The molecule has 1 rings (SSSR count). The maximum atomic E-state index is 12.8. The Morgan fingerprint density at radius 1 is 1.33 bits per heavy atom. The third-order valence-electron chi connectivity index (χ3n) is 2.49. The van der Waals surface area contributed by atoms with E-state index in [4.69, 9.17) is 17.4 Å². The molecule has 18 heavy (non-hydrogen) atoms. The molecule has 1 atom stereocenters. The molecular formula is C11H13ClF4N2. The maximum absolute atomic E-state index is 12.8. The van der Waals surface area contributed by atoms with Crippen molar-refractivity contribution < 1.29 is 17.6 Å². The number of nitrogens with two attached hydrogens (primary N) is 1. The molecule has 0 bridgehead atoms. The largest absolute Gasteiger partial charge is 0.389 e. The molecule has 0 fully saturated rings.